The van der Waals surface area contributed by atoms with Crippen LogP contribution in [0, 0.1) is 0 Å². The van der Waals surface area contributed by atoms with Crippen molar-refractivity contribution in [3.8, 4) is 17.2 Å². The number of carboxylic acid groups (broad SMARTS) is 1. The average Bonchev–Trinajstić information content (AvgIpc) is 2.62. The number of carboxylic acids is 1. The lowest BCUT2D eigenvalue weighted by Crippen LogP contribution is -2.17. The zero-order valence-corrected chi connectivity index (χ0v) is 14.8. The number of hydrogen-bond acceptors (Lipinski definition) is 5. The van der Waals surface area contributed by atoms with E-state index in [1.807, 2.05) is 30.3 Å². The lowest BCUT2D eigenvalue weighted by molar-refractivity contribution is -0.136. The summed E-state index contributed by atoms with van der Waals surface area (Å²) >= 11 is 0. The highest BCUT2D eigenvalue weighted by Gasteiger charge is 2.25. The summed E-state index contributed by atoms with van der Waals surface area (Å²) in [4.78, 5) is 15.7. The quantitative estimate of drug-likeness (QED) is 0.832. The van der Waals surface area contributed by atoms with Crippen molar-refractivity contribution in [2.45, 2.75) is 19.3 Å². The molecule has 0 saturated heterocycles. The molecule has 6 nitrogen and oxygen atoms in total. The first kappa shape index (κ1) is 17.8. The van der Waals surface area contributed by atoms with E-state index in [4.69, 9.17) is 14.6 Å². The van der Waals surface area contributed by atoms with Gasteiger partial charge in [-0.25, -0.2) is 0 Å². The number of carbonyl (C=O) groups is 1. The van der Waals surface area contributed by atoms with Gasteiger partial charge in [-0.05, 0) is 29.2 Å². The van der Waals surface area contributed by atoms with E-state index in [1.54, 1.807) is 0 Å². The number of fused-ring (bicyclic) bond motifs is 1. The van der Waals surface area contributed by atoms with Crippen LogP contribution >= 0.6 is 0 Å². The molecule has 0 aromatic heterocycles. The standard InChI is InChI=1S/C20H21NO5/c1-25-16-10-14-7-8-21-15(18(14)19(24)20(16)26-2)9-12-5-3-4-6-13(12)11-17(22)23/h3-6,10,24H,7-9,11H2,1-2H3,(H,22,23). The van der Waals surface area contributed by atoms with Crippen molar-refractivity contribution in [2.75, 3.05) is 20.8 Å². The number of rotatable bonds is 6. The topological polar surface area (TPSA) is 88.3 Å². The third kappa shape index (κ3) is 3.35. The summed E-state index contributed by atoms with van der Waals surface area (Å²) in [6.45, 7) is 0.609. The molecule has 0 amide bonds. The van der Waals surface area contributed by atoms with Crippen LogP contribution in [-0.4, -0.2) is 42.7 Å². The van der Waals surface area contributed by atoms with Crippen molar-refractivity contribution in [1.29, 1.82) is 0 Å². The number of benzene rings is 2. The van der Waals surface area contributed by atoms with E-state index in [-0.39, 0.29) is 17.9 Å². The number of aliphatic imine (C=N–C) groups is 1. The van der Waals surface area contributed by atoms with Crippen LogP contribution in [-0.2, 0) is 24.1 Å². The summed E-state index contributed by atoms with van der Waals surface area (Å²) in [5, 5.41) is 19.9. The van der Waals surface area contributed by atoms with Crippen molar-refractivity contribution in [3.63, 3.8) is 0 Å². The SMILES string of the molecule is COc1cc2c(c(O)c1OC)C(Cc1ccccc1CC(=O)O)=NCC2. The molecule has 136 valence electrons. The molecule has 26 heavy (non-hydrogen) atoms. The third-order valence-corrected chi connectivity index (χ3v) is 4.52. The molecule has 1 aliphatic heterocycles. The summed E-state index contributed by atoms with van der Waals surface area (Å²) in [6.07, 6.45) is 1.09. The van der Waals surface area contributed by atoms with Crippen LogP contribution in [0.1, 0.15) is 22.3 Å². The highest BCUT2D eigenvalue weighted by atomic mass is 16.5. The molecular weight excluding hydrogens is 334 g/mol. The predicted octanol–water partition coefficient (Wildman–Crippen LogP) is 2.62. The maximum atomic E-state index is 11.1. The van der Waals surface area contributed by atoms with Gasteiger partial charge in [-0.1, -0.05) is 24.3 Å². The van der Waals surface area contributed by atoms with Crippen molar-refractivity contribution in [1.82, 2.24) is 0 Å². The average molecular weight is 355 g/mol. The van der Waals surface area contributed by atoms with Gasteiger partial charge < -0.3 is 19.7 Å². The van der Waals surface area contributed by atoms with E-state index in [1.165, 1.54) is 14.2 Å². The number of phenols is 1. The molecule has 0 fully saturated rings. The lowest BCUT2D eigenvalue weighted by atomic mass is 9.90. The molecule has 0 aliphatic carbocycles. The molecule has 2 aromatic carbocycles. The zero-order valence-electron chi connectivity index (χ0n) is 14.8. The number of methoxy groups -OCH3 is 2. The van der Waals surface area contributed by atoms with Gasteiger partial charge in [0.2, 0.25) is 5.75 Å². The van der Waals surface area contributed by atoms with Crippen LogP contribution in [0.4, 0.5) is 0 Å². The first-order valence-electron chi connectivity index (χ1n) is 8.34. The molecule has 3 rings (SSSR count). The van der Waals surface area contributed by atoms with Gasteiger partial charge in [0.15, 0.2) is 11.5 Å². The highest BCUT2D eigenvalue weighted by molar-refractivity contribution is 6.07. The number of phenolic OH excluding ortho intramolecular Hbond substituents is 1. The lowest BCUT2D eigenvalue weighted by Gasteiger charge is -2.22. The molecular formula is C20H21NO5. The first-order valence-corrected chi connectivity index (χ1v) is 8.34. The van der Waals surface area contributed by atoms with E-state index in [9.17, 15) is 9.90 Å². The Kier molecular flexibility index (Phi) is 5.11. The smallest absolute Gasteiger partial charge is 0.307 e. The second-order valence-electron chi connectivity index (χ2n) is 6.09. The van der Waals surface area contributed by atoms with E-state index < -0.39 is 5.97 Å². The fraction of sp³-hybridized carbons (Fsp3) is 0.300. The second-order valence-corrected chi connectivity index (χ2v) is 6.09. The van der Waals surface area contributed by atoms with Gasteiger partial charge in [0.1, 0.15) is 0 Å². The van der Waals surface area contributed by atoms with Crippen molar-refractivity contribution < 1.29 is 24.5 Å². The second kappa shape index (κ2) is 7.47. The molecule has 1 heterocycles. The summed E-state index contributed by atoms with van der Waals surface area (Å²) in [5.41, 5.74) is 3.95. The number of aromatic hydroxyl groups is 1. The summed E-state index contributed by atoms with van der Waals surface area (Å²) in [7, 11) is 3.01. The van der Waals surface area contributed by atoms with Crippen LogP contribution in [0.2, 0.25) is 0 Å². The van der Waals surface area contributed by atoms with E-state index in [2.05, 4.69) is 4.99 Å². The molecule has 0 unspecified atom stereocenters. The number of hydrogen-bond donors (Lipinski definition) is 2. The van der Waals surface area contributed by atoms with Crippen molar-refractivity contribution >= 4 is 11.7 Å². The molecule has 0 atom stereocenters. The van der Waals surface area contributed by atoms with Gasteiger partial charge in [-0.2, -0.15) is 0 Å². The molecule has 0 spiro atoms. The van der Waals surface area contributed by atoms with Crippen molar-refractivity contribution in [2.24, 2.45) is 4.99 Å². The third-order valence-electron chi connectivity index (χ3n) is 4.52. The van der Waals surface area contributed by atoms with Gasteiger partial charge in [-0.15, -0.1) is 0 Å². The van der Waals surface area contributed by atoms with Crippen LogP contribution in [0.5, 0.6) is 17.2 Å². The molecule has 0 saturated carbocycles. The summed E-state index contributed by atoms with van der Waals surface area (Å²) < 4.78 is 10.6. The van der Waals surface area contributed by atoms with Gasteiger partial charge in [-0.3, -0.25) is 9.79 Å². The molecule has 0 bridgehead atoms. The van der Waals surface area contributed by atoms with E-state index in [0.717, 1.165) is 22.4 Å². The molecule has 0 radical (unpaired) electrons. The fourth-order valence-electron chi connectivity index (χ4n) is 3.33. The number of nitrogens with zero attached hydrogens (tertiary/aromatic N) is 1. The number of ether oxygens (including phenoxy) is 2. The van der Waals surface area contributed by atoms with Crippen LogP contribution in [0.3, 0.4) is 0 Å². The van der Waals surface area contributed by atoms with Crippen LogP contribution in [0.25, 0.3) is 0 Å². The Morgan fingerprint density at radius 3 is 2.58 bits per heavy atom. The Labute approximate surface area is 151 Å². The Hall–Kier alpha value is -3.02. The predicted molar refractivity (Wildman–Crippen MR) is 97.8 cm³/mol. The Morgan fingerprint density at radius 2 is 1.92 bits per heavy atom. The van der Waals surface area contributed by atoms with Gasteiger partial charge >= 0.3 is 5.97 Å². The largest absolute Gasteiger partial charge is 0.504 e. The first-order chi connectivity index (χ1) is 12.5. The maximum absolute atomic E-state index is 11.1. The minimum atomic E-state index is -0.877. The van der Waals surface area contributed by atoms with Gasteiger partial charge in [0.05, 0.1) is 26.4 Å². The monoisotopic (exact) mass is 355 g/mol. The Morgan fingerprint density at radius 1 is 1.19 bits per heavy atom. The van der Waals surface area contributed by atoms with Gasteiger partial charge in [0.25, 0.3) is 0 Å². The minimum Gasteiger partial charge on any atom is -0.504 e. The molecule has 1 aliphatic rings. The minimum absolute atomic E-state index is 0.0102. The summed E-state index contributed by atoms with van der Waals surface area (Å²) in [5.74, 6) is -0.107. The van der Waals surface area contributed by atoms with Crippen molar-refractivity contribution in [3.05, 3.63) is 52.6 Å². The molecule has 2 N–H and O–H groups in total. The van der Waals surface area contributed by atoms with E-state index in [0.29, 0.717) is 30.7 Å². The molecule has 2 aromatic rings. The van der Waals surface area contributed by atoms with Crippen LogP contribution < -0.4 is 9.47 Å². The Bertz CT molecular complexity index is 873. The van der Waals surface area contributed by atoms with Crippen LogP contribution in [0.15, 0.2) is 35.3 Å². The highest BCUT2D eigenvalue weighted by Crippen LogP contribution is 2.43. The summed E-state index contributed by atoms with van der Waals surface area (Å²) in [6, 6.07) is 9.27. The normalized spacial score (nSPS) is 12.9. The Balaban J connectivity index is 2.03. The molecule has 6 heteroatoms. The zero-order chi connectivity index (χ0) is 18.7. The maximum Gasteiger partial charge on any atom is 0.307 e. The fourth-order valence-corrected chi connectivity index (χ4v) is 3.33. The van der Waals surface area contributed by atoms with E-state index >= 15 is 0 Å². The van der Waals surface area contributed by atoms with Gasteiger partial charge in [0, 0.05) is 18.5 Å². The number of aliphatic carboxylic acids is 1.